The number of epoxide rings is 1. The molecule has 3 heteroatoms. The minimum absolute atomic E-state index is 0.261. The maximum atomic E-state index is 8.96. The van der Waals surface area contributed by atoms with Crippen molar-refractivity contribution in [3.8, 4) is 23.7 Å². The smallest absolute Gasteiger partial charge is 0.119 e. The summed E-state index contributed by atoms with van der Waals surface area (Å²) in [6, 6.07) is 21.6. The summed E-state index contributed by atoms with van der Waals surface area (Å²) in [5.41, 5.74) is 2.56. The van der Waals surface area contributed by atoms with Crippen LogP contribution < -0.4 is 4.74 Å². The highest BCUT2D eigenvalue weighted by atomic mass is 16.6. The van der Waals surface area contributed by atoms with Gasteiger partial charge in [-0.3, -0.25) is 0 Å². The first kappa shape index (κ1) is 15.3. The Labute approximate surface area is 146 Å². The van der Waals surface area contributed by atoms with E-state index >= 15 is 0 Å². The van der Waals surface area contributed by atoms with Gasteiger partial charge in [-0.25, -0.2) is 0 Å². The second-order valence-electron chi connectivity index (χ2n) is 5.93. The zero-order valence-corrected chi connectivity index (χ0v) is 13.5. The Balaban J connectivity index is 1.49. The summed E-state index contributed by atoms with van der Waals surface area (Å²) in [5, 5.41) is 11.1. The van der Waals surface area contributed by atoms with Crippen LogP contribution in [0, 0.1) is 23.2 Å². The lowest BCUT2D eigenvalue weighted by atomic mass is 10.0. The minimum Gasteiger partial charge on any atom is -0.491 e. The Morgan fingerprint density at radius 1 is 0.880 bits per heavy atom. The van der Waals surface area contributed by atoms with Crippen LogP contribution in [0.4, 0.5) is 0 Å². The molecule has 0 bridgehead atoms. The van der Waals surface area contributed by atoms with Crippen molar-refractivity contribution in [3.05, 3.63) is 77.4 Å². The molecule has 0 aromatic heterocycles. The summed E-state index contributed by atoms with van der Waals surface area (Å²) in [6.07, 6.45) is 0.261. The molecule has 1 aliphatic rings. The normalized spacial score (nSPS) is 15.1. The standard InChI is InChI=1S/C22H15NO2/c23-13-18-4-8-19-11-17(3-7-20(19)12-18)2-1-16-5-9-21(10-6-16)24-14-22-15-25-22/h3-12,22H,14-15H2. The van der Waals surface area contributed by atoms with Gasteiger partial charge >= 0.3 is 0 Å². The largest absolute Gasteiger partial charge is 0.491 e. The van der Waals surface area contributed by atoms with Gasteiger partial charge in [0.25, 0.3) is 0 Å². The summed E-state index contributed by atoms with van der Waals surface area (Å²) < 4.78 is 10.7. The third-order valence-corrected chi connectivity index (χ3v) is 4.01. The van der Waals surface area contributed by atoms with Gasteiger partial charge < -0.3 is 9.47 Å². The molecule has 25 heavy (non-hydrogen) atoms. The zero-order chi connectivity index (χ0) is 17.1. The van der Waals surface area contributed by atoms with Gasteiger partial charge in [0, 0.05) is 11.1 Å². The average Bonchev–Trinajstić information content (AvgIpc) is 3.49. The molecular weight excluding hydrogens is 310 g/mol. The fourth-order valence-electron chi connectivity index (χ4n) is 2.53. The Morgan fingerprint density at radius 3 is 2.16 bits per heavy atom. The molecule has 3 aromatic rings. The van der Waals surface area contributed by atoms with Gasteiger partial charge in [-0.05, 0) is 59.3 Å². The predicted molar refractivity (Wildman–Crippen MR) is 96.3 cm³/mol. The Kier molecular flexibility index (Phi) is 4.09. The van der Waals surface area contributed by atoms with Gasteiger partial charge in [0.1, 0.15) is 18.5 Å². The first-order chi connectivity index (χ1) is 12.3. The summed E-state index contributed by atoms with van der Waals surface area (Å²) in [5.74, 6) is 7.19. The van der Waals surface area contributed by atoms with Gasteiger partial charge in [0.15, 0.2) is 0 Å². The molecule has 0 spiro atoms. The number of fused-ring (bicyclic) bond motifs is 1. The molecular formula is C22H15NO2. The Hall–Kier alpha value is -3.27. The van der Waals surface area contributed by atoms with Crippen molar-refractivity contribution in [1.29, 1.82) is 5.26 Å². The van der Waals surface area contributed by atoms with Crippen molar-refractivity contribution in [1.82, 2.24) is 0 Å². The number of nitriles is 1. The molecule has 3 aromatic carbocycles. The Bertz CT molecular complexity index is 1020. The molecule has 1 atom stereocenters. The molecule has 0 amide bonds. The highest BCUT2D eigenvalue weighted by Gasteiger charge is 2.22. The molecule has 0 N–H and O–H groups in total. The van der Waals surface area contributed by atoms with Gasteiger partial charge in [-0.15, -0.1) is 0 Å². The van der Waals surface area contributed by atoms with Crippen molar-refractivity contribution in [2.24, 2.45) is 0 Å². The molecule has 1 unspecified atom stereocenters. The zero-order valence-electron chi connectivity index (χ0n) is 13.5. The first-order valence-electron chi connectivity index (χ1n) is 8.10. The van der Waals surface area contributed by atoms with Gasteiger partial charge in [-0.2, -0.15) is 5.26 Å². The maximum Gasteiger partial charge on any atom is 0.119 e. The number of benzene rings is 3. The first-order valence-corrected chi connectivity index (χ1v) is 8.10. The number of ether oxygens (including phenoxy) is 2. The van der Waals surface area contributed by atoms with E-state index in [0.717, 1.165) is 34.3 Å². The van der Waals surface area contributed by atoms with E-state index in [0.29, 0.717) is 12.2 Å². The quantitative estimate of drug-likeness (QED) is 0.542. The van der Waals surface area contributed by atoms with Crippen LogP contribution in [-0.4, -0.2) is 19.3 Å². The maximum absolute atomic E-state index is 8.96. The lowest BCUT2D eigenvalue weighted by Crippen LogP contribution is -2.03. The lowest BCUT2D eigenvalue weighted by molar-refractivity contribution is 0.263. The van der Waals surface area contributed by atoms with Crippen molar-refractivity contribution < 1.29 is 9.47 Å². The van der Waals surface area contributed by atoms with Crippen LogP contribution in [0.1, 0.15) is 16.7 Å². The van der Waals surface area contributed by atoms with Crippen LogP contribution >= 0.6 is 0 Å². The monoisotopic (exact) mass is 325 g/mol. The van der Waals surface area contributed by atoms with Crippen LogP contribution in [0.25, 0.3) is 10.8 Å². The minimum atomic E-state index is 0.261. The fraction of sp³-hybridized carbons (Fsp3) is 0.136. The number of hydrogen-bond acceptors (Lipinski definition) is 3. The van der Waals surface area contributed by atoms with Crippen molar-refractivity contribution in [2.45, 2.75) is 6.10 Å². The van der Waals surface area contributed by atoms with Crippen molar-refractivity contribution in [3.63, 3.8) is 0 Å². The number of nitrogens with zero attached hydrogens (tertiary/aromatic N) is 1. The molecule has 4 rings (SSSR count). The van der Waals surface area contributed by atoms with Crippen LogP contribution in [0.5, 0.6) is 5.75 Å². The van der Waals surface area contributed by atoms with Gasteiger partial charge in [0.2, 0.25) is 0 Å². The summed E-state index contributed by atoms with van der Waals surface area (Å²) in [4.78, 5) is 0. The average molecular weight is 325 g/mol. The van der Waals surface area contributed by atoms with Crippen LogP contribution in [0.15, 0.2) is 60.7 Å². The van der Waals surface area contributed by atoms with E-state index in [9.17, 15) is 0 Å². The highest BCUT2D eigenvalue weighted by Crippen LogP contribution is 2.18. The van der Waals surface area contributed by atoms with E-state index in [1.165, 1.54) is 0 Å². The van der Waals surface area contributed by atoms with Gasteiger partial charge in [-0.1, -0.05) is 24.0 Å². The number of rotatable bonds is 3. The molecule has 1 aliphatic heterocycles. The van der Waals surface area contributed by atoms with Crippen molar-refractivity contribution >= 4 is 10.8 Å². The molecule has 0 aliphatic carbocycles. The summed E-state index contributed by atoms with van der Waals surface area (Å²) >= 11 is 0. The molecule has 1 heterocycles. The molecule has 1 saturated heterocycles. The van der Waals surface area contributed by atoms with Gasteiger partial charge in [0.05, 0.1) is 18.2 Å². The van der Waals surface area contributed by atoms with Crippen LogP contribution in [0.2, 0.25) is 0 Å². The molecule has 0 radical (unpaired) electrons. The van der Waals surface area contributed by atoms with E-state index in [4.69, 9.17) is 14.7 Å². The second kappa shape index (κ2) is 6.69. The summed E-state index contributed by atoms with van der Waals surface area (Å²) in [7, 11) is 0. The van der Waals surface area contributed by atoms with E-state index < -0.39 is 0 Å². The number of hydrogen-bond donors (Lipinski definition) is 0. The molecule has 1 fully saturated rings. The molecule has 120 valence electrons. The predicted octanol–water partition coefficient (Wildman–Crippen LogP) is 3.89. The SMILES string of the molecule is N#Cc1ccc2cc(C#Cc3ccc(OCC4CO4)cc3)ccc2c1. The fourth-order valence-corrected chi connectivity index (χ4v) is 2.53. The van der Waals surface area contributed by atoms with E-state index in [-0.39, 0.29) is 6.10 Å². The van der Waals surface area contributed by atoms with Crippen LogP contribution in [-0.2, 0) is 4.74 Å². The summed E-state index contributed by atoms with van der Waals surface area (Å²) in [6.45, 7) is 1.41. The van der Waals surface area contributed by atoms with E-state index in [1.807, 2.05) is 60.7 Å². The molecule has 3 nitrogen and oxygen atoms in total. The third kappa shape index (κ3) is 3.80. The third-order valence-electron chi connectivity index (χ3n) is 4.01. The van der Waals surface area contributed by atoms with Crippen LogP contribution in [0.3, 0.4) is 0 Å². The molecule has 0 saturated carbocycles. The topological polar surface area (TPSA) is 45.5 Å². The van der Waals surface area contributed by atoms with E-state index in [2.05, 4.69) is 17.9 Å². The Morgan fingerprint density at radius 2 is 1.48 bits per heavy atom. The lowest BCUT2D eigenvalue weighted by Gasteiger charge is -2.03. The highest BCUT2D eigenvalue weighted by molar-refractivity contribution is 5.85. The van der Waals surface area contributed by atoms with Crippen molar-refractivity contribution in [2.75, 3.05) is 13.2 Å². The second-order valence-corrected chi connectivity index (χ2v) is 5.93. The van der Waals surface area contributed by atoms with E-state index in [1.54, 1.807) is 0 Å².